The van der Waals surface area contributed by atoms with Crippen molar-refractivity contribution in [2.24, 2.45) is 0 Å². The zero-order valence-electron chi connectivity index (χ0n) is 16.1. The largest absolute Gasteiger partial charge is 0.494 e. The Balaban J connectivity index is 1.69. The molecule has 0 fully saturated rings. The molecule has 0 aliphatic heterocycles. The van der Waals surface area contributed by atoms with Crippen LogP contribution in [-0.2, 0) is 9.53 Å². The minimum atomic E-state index is -0.870. The normalized spacial score (nSPS) is 10.6. The van der Waals surface area contributed by atoms with Crippen LogP contribution in [0.3, 0.4) is 0 Å². The second kappa shape index (κ2) is 8.60. The summed E-state index contributed by atoms with van der Waals surface area (Å²) in [6.07, 6.45) is 0. The molecule has 0 saturated carbocycles. The van der Waals surface area contributed by atoms with E-state index < -0.39 is 34.9 Å². The fraction of sp³-hybridized carbons (Fsp3) is 0.200. The summed E-state index contributed by atoms with van der Waals surface area (Å²) < 4.78 is 29.1. The van der Waals surface area contributed by atoms with Gasteiger partial charge < -0.3 is 19.2 Å². The number of nitro benzene ring substituents is 1. The number of rotatable bonds is 7. The predicted molar refractivity (Wildman–Crippen MR) is 104 cm³/mol. The van der Waals surface area contributed by atoms with E-state index in [1.807, 2.05) is 6.92 Å². The van der Waals surface area contributed by atoms with Crippen LogP contribution >= 0.6 is 0 Å². The van der Waals surface area contributed by atoms with E-state index >= 15 is 0 Å². The SMILES string of the molecule is CCOc1ccc2oc(C(=O)OCC(=O)Nc3ccc(F)cc3[N+](=O)[O-])c(C)c2c1. The second-order valence-corrected chi connectivity index (χ2v) is 6.19. The zero-order valence-corrected chi connectivity index (χ0v) is 16.1. The minimum Gasteiger partial charge on any atom is -0.494 e. The number of furan rings is 1. The Kier molecular flexibility index (Phi) is 5.95. The molecule has 0 unspecified atom stereocenters. The molecule has 9 nitrogen and oxygen atoms in total. The number of esters is 1. The number of anilines is 1. The Bertz CT molecular complexity index is 1140. The van der Waals surface area contributed by atoms with Gasteiger partial charge in [-0.1, -0.05) is 0 Å². The number of carbonyl (C=O) groups is 2. The number of halogens is 1. The molecule has 0 radical (unpaired) electrons. The van der Waals surface area contributed by atoms with Crippen molar-refractivity contribution in [1.82, 2.24) is 0 Å². The number of ether oxygens (including phenoxy) is 2. The third-order valence-corrected chi connectivity index (χ3v) is 4.17. The summed E-state index contributed by atoms with van der Waals surface area (Å²) in [5.41, 5.74) is 0.138. The maximum atomic E-state index is 13.2. The van der Waals surface area contributed by atoms with Gasteiger partial charge in [-0.3, -0.25) is 14.9 Å². The maximum Gasteiger partial charge on any atom is 0.375 e. The van der Waals surface area contributed by atoms with Crippen LogP contribution in [0.5, 0.6) is 5.75 Å². The summed E-state index contributed by atoms with van der Waals surface area (Å²) in [5, 5.41) is 13.9. The number of amides is 1. The number of benzene rings is 2. The van der Waals surface area contributed by atoms with Gasteiger partial charge in [0.2, 0.25) is 5.76 Å². The monoisotopic (exact) mass is 416 g/mol. The van der Waals surface area contributed by atoms with Crippen molar-refractivity contribution in [2.45, 2.75) is 13.8 Å². The van der Waals surface area contributed by atoms with Crippen LogP contribution in [0.25, 0.3) is 11.0 Å². The fourth-order valence-electron chi connectivity index (χ4n) is 2.80. The number of carbonyl (C=O) groups excluding carboxylic acids is 2. The van der Waals surface area contributed by atoms with Crippen LogP contribution in [0.15, 0.2) is 40.8 Å². The Morgan fingerprint density at radius 2 is 2.00 bits per heavy atom. The highest BCUT2D eigenvalue weighted by molar-refractivity contribution is 5.99. The van der Waals surface area contributed by atoms with Crippen molar-refractivity contribution in [1.29, 1.82) is 0 Å². The summed E-state index contributed by atoms with van der Waals surface area (Å²) >= 11 is 0. The topological polar surface area (TPSA) is 121 Å². The first-order valence-electron chi connectivity index (χ1n) is 8.87. The van der Waals surface area contributed by atoms with E-state index in [0.717, 1.165) is 12.1 Å². The fourth-order valence-corrected chi connectivity index (χ4v) is 2.80. The highest BCUT2D eigenvalue weighted by Gasteiger charge is 2.22. The molecule has 10 heteroatoms. The zero-order chi connectivity index (χ0) is 21.8. The third-order valence-electron chi connectivity index (χ3n) is 4.17. The third kappa shape index (κ3) is 4.37. The number of nitro groups is 1. The van der Waals surface area contributed by atoms with Gasteiger partial charge in [0, 0.05) is 10.9 Å². The first kappa shape index (κ1) is 20.8. The van der Waals surface area contributed by atoms with E-state index in [0.29, 0.717) is 35.0 Å². The van der Waals surface area contributed by atoms with Crippen LogP contribution in [0.2, 0.25) is 0 Å². The molecule has 0 aliphatic rings. The quantitative estimate of drug-likeness (QED) is 0.351. The molecule has 0 atom stereocenters. The molecule has 0 spiro atoms. The highest BCUT2D eigenvalue weighted by Crippen LogP contribution is 2.29. The lowest BCUT2D eigenvalue weighted by Gasteiger charge is -2.07. The lowest BCUT2D eigenvalue weighted by Crippen LogP contribution is -2.21. The van der Waals surface area contributed by atoms with Gasteiger partial charge in [0.05, 0.1) is 17.6 Å². The van der Waals surface area contributed by atoms with Gasteiger partial charge in [0.1, 0.15) is 22.8 Å². The maximum absolute atomic E-state index is 13.2. The average Bonchev–Trinajstić information content (AvgIpc) is 3.04. The Morgan fingerprint density at radius 1 is 1.23 bits per heavy atom. The Hall–Kier alpha value is -3.95. The van der Waals surface area contributed by atoms with Crippen LogP contribution in [-0.4, -0.2) is 30.0 Å². The molecule has 0 bridgehead atoms. The number of nitrogens with zero attached hydrogens (tertiary/aromatic N) is 1. The van der Waals surface area contributed by atoms with Gasteiger partial charge in [0.25, 0.3) is 11.6 Å². The van der Waals surface area contributed by atoms with Gasteiger partial charge in [-0.25, -0.2) is 9.18 Å². The standard InChI is InChI=1S/C20H17FN2O7/c1-3-28-13-5-7-17-14(9-13)11(2)19(30-17)20(25)29-10-18(24)22-15-6-4-12(21)8-16(15)23(26)27/h4-9H,3,10H2,1-2H3,(H,22,24). The molecule has 156 valence electrons. The number of fused-ring (bicyclic) bond motifs is 1. The van der Waals surface area contributed by atoms with Gasteiger partial charge in [-0.2, -0.15) is 0 Å². The number of hydrogen-bond donors (Lipinski definition) is 1. The summed E-state index contributed by atoms with van der Waals surface area (Å²) in [5.74, 6) is -1.97. The van der Waals surface area contributed by atoms with Crippen molar-refractivity contribution in [3.8, 4) is 5.75 Å². The van der Waals surface area contributed by atoms with Gasteiger partial charge >= 0.3 is 5.97 Å². The molecule has 2 aromatic carbocycles. The summed E-state index contributed by atoms with van der Waals surface area (Å²) in [7, 11) is 0. The van der Waals surface area contributed by atoms with Crippen molar-refractivity contribution in [3.63, 3.8) is 0 Å². The van der Waals surface area contributed by atoms with Crippen LogP contribution in [0.1, 0.15) is 23.0 Å². The summed E-state index contributed by atoms with van der Waals surface area (Å²) in [4.78, 5) is 34.5. The van der Waals surface area contributed by atoms with Crippen LogP contribution < -0.4 is 10.1 Å². The lowest BCUT2D eigenvalue weighted by atomic mass is 10.1. The molecule has 1 aromatic heterocycles. The highest BCUT2D eigenvalue weighted by atomic mass is 19.1. The van der Waals surface area contributed by atoms with Crippen LogP contribution in [0.4, 0.5) is 15.8 Å². The average molecular weight is 416 g/mol. The van der Waals surface area contributed by atoms with Crippen LogP contribution in [0, 0.1) is 22.9 Å². The lowest BCUT2D eigenvalue weighted by molar-refractivity contribution is -0.384. The Morgan fingerprint density at radius 3 is 2.70 bits per heavy atom. The first-order chi connectivity index (χ1) is 14.3. The molecule has 1 amide bonds. The van der Waals surface area contributed by atoms with Gasteiger partial charge in [-0.15, -0.1) is 0 Å². The van der Waals surface area contributed by atoms with Crippen molar-refractivity contribution in [2.75, 3.05) is 18.5 Å². The summed E-state index contributed by atoms with van der Waals surface area (Å²) in [6, 6.07) is 7.78. The Labute approximate surface area is 169 Å². The van der Waals surface area contributed by atoms with Crippen molar-refractivity contribution in [3.05, 3.63) is 63.7 Å². The first-order valence-corrected chi connectivity index (χ1v) is 8.87. The van der Waals surface area contributed by atoms with Crippen molar-refractivity contribution < 1.29 is 32.8 Å². The van der Waals surface area contributed by atoms with E-state index in [4.69, 9.17) is 13.9 Å². The molecule has 1 heterocycles. The van der Waals surface area contributed by atoms with E-state index in [2.05, 4.69) is 5.32 Å². The molecule has 3 aromatic rings. The molecule has 30 heavy (non-hydrogen) atoms. The van der Waals surface area contributed by atoms with E-state index in [9.17, 15) is 24.1 Å². The number of aryl methyl sites for hydroxylation is 1. The minimum absolute atomic E-state index is 0.0702. The summed E-state index contributed by atoms with van der Waals surface area (Å²) in [6.45, 7) is 3.29. The second-order valence-electron chi connectivity index (χ2n) is 6.19. The number of nitrogens with one attached hydrogen (secondary N) is 1. The molecule has 0 saturated heterocycles. The van der Waals surface area contributed by atoms with Gasteiger partial charge in [0.15, 0.2) is 6.61 Å². The molecular formula is C20H17FN2O7. The van der Waals surface area contributed by atoms with Gasteiger partial charge in [-0.05, 0) is 44.2 Å². The predicted octanol–water partition coefficient (Wildman–Crippen LogP) is 3.98. The molecule has 3 rings (SSSR count). The number of hydrogen-bond acceptors (Lipinski definition) is 7. The smallest absolute Gasteiger partial charge is 0.375 e. The van der Waals surface area contributed by atoms with E-state index in [1.54, 1.807) is 25.1 Å². The van der Waals surface area contributed by atoms with E-state index in [-0.39, 0.29) is 11.4 Å². The molecule has 1 N–H and O–H groups in total. The van der Waals surface area contributed by atoms with Crippen molar-refractivity contribution >= 4 is 34.2 Å². The molecular weight excluding hydrogens is 399 g/mol. The van der Waals surface area contributed by atoms with E-state index in [1.165, 1.54) is 0 Å². The molecule has 0 aliphatic carbocycles.